The molecule has 0 atom stereocenters. The Hall–Kier alpha value is -2.81. The molecule has 1 aliphatic heterocycles. The molecule has 2 rings (SSSR count). The Labute approximate surface area is 132 Å². The zero-order valence-corrected chi connectivity index (χ0v) is 12.6. The summed E-state index contributed by atoms with van der Waals surface area (Å²) in [7, 11) is 2.01. The molecule has 1 aromatic rings. The number of hydrogen-bond acceptors (Lipinski definition) is 6. The molecule has 9 nitrogen and oxygen atoms in total. The molecule has 0 saturated carbocycles. The second kappa shape index (κ2) is 7.45. The first kappa shape index (κ1) is 16.6. The van der Waals surface area contributed by atoms with Gasteiger partial charge in [-0.2, -0.15) is 5.10 Å². The molecule has 1 aromatic carbocycles. The number of piperidine rings is 1. The first-order valence-electron chi connectivity index (χ1n) is 7.05. The molecule has 0 unspecified atom stereocenters. The van der Waals surface area contributed by atoms with Crippen molar-refractivity contribution in [1.29, 1.82) is 0 Å². The zero-order valence-electron chi connectivity index (χ0n) is 12.6. The number of benzene rings is 1. The van der Waals surface area contributed by atoms with E-state index in [-0.39, 0.29) is 5.69 Å². The van der Waals surface area contributed by atoms with Crippen molar-refractivity contribution in [2.24, 2.45) is 5.10 Å². The van der Waals surface area contributed by atoms with Gasteiger partial charge in [-0.05, 0) is 19.2 Å². The summed E-state index contributed by atoms with van der Waals surface area (Å²) in [6.45, 7) is 1.73. The first-order chi connectivity index (χ1) is 11.0. The molecule has 2 amide bonds. The molecular weight excluding hydrogens is 302 g/mol. The summed E-state index contributed by atoms with van der Waals surface area (Å²) in [6.07, 6.45) is 1.50. The monoisotopic (exact) mass is 319 g/mol. The zero-order chi connectivity index (χ0) is 16.8. The number of likely N-dealkylation sites (tertiary alicyclic amines) is 1. The molecule has 1 aliphatic rings. The predicted octanol–water partition coefficient (Wildman–Crippen LogP) is 0.731. The molecule has 9 heteroatoms. The van der Waals surface area contributed by atoms with E-state index in [0.717, 1.165) is 31.6 Å². The number of nitrogens with one attached hydrogen (secondary N) is 2. The van der Waals surface area contributed by atoms with Gasteiger partial charge in [0.05, 0.1) is 4.92 Å². The van der Waals surface area contributed by atoms with Gasteiger partial charge in [0.15, 0.2) is 0 Å². The fraction of sp³-hybridized carbons (Fsp3) is 0.357. The highest BCUT2D eigenvalue weighted by Crippen LogP contribution is 2.15. The number of anilines is 1. The lowest BCUT2D eigenvalue weighted by Gasteiger charge is -2.22. The largest absolute Gasteiger partial charge is 0.329 e. The smallest absolute Gasteiger partial charge is 0.318 e. The van der Waals surface area contributed by atoms with Gasteiger partial charge in [0, 0.05) is 49.5 Å². The SMILES string of the molecule is CN1CCC(=NNC(=O)C(=O)Nc2ccc([N+](=O)[O-])cc2)CC1. The van der Waals surface area contributed by atoms with Gasteiger partial charge in [-0.3, -0.25) is 19.7 Å². The highest BCUT2D eigenvalue weighted by molar-refractivity contribution is 6.39. The van der Waals surface area contributed by atoms with Gasteiger partial charge in [0.25, 0.3) is 5.69 Å². The van der Waals surface area contributed by atoms with Gasteiger partial charge in [-0.25, -0.2) is 5.43 Å². The number of carbonyl (C=O) groups is 2. The van der Waals surface area contributed by atoms with Crippen LogP contribution in [0.4, 0.5) is 11.4 Å². The number of rotatable bonds is 3. The molecule has 1 saturated heterocycles. The highest BCUT2D eigenvalue weighted by Gasteiger charge is 2.16. The maximum atomic E-state index is 11.7. The van der Waals surface area contributed by atoms with Crippen LogP contribution in [0.1, 0.15) is 12.8 Å². The normalized spacial score (nSPS) is 14.9. The van der Waals surface area contributed by atoms with Crippen LogP contribution in [-0.2, 0) is 9.59 Å². The van der Waals surface area contributed by atoms with E-state index >= 15 is 0 Å². The van der Waals surface area contributed by atoms with Gasteiger partial charge in [0.1, 0.15) is 0 Å². The molecule has 122 valence electrons. The van der Waals surface area contributed by atoms with E-state index in [0.29, 0.717) is 5.69 Å². The van der Waals surface area contributed by atoms with Crippen molar-refractivity contribution >= 4 is 28.9 Å². The predicted molar refractivity (Wildman–Crippen MR) is 84.0 cm³/mol. The lowest BCUT2D eigenvalue weighted by atomic mass is 10.1. The minimum Gasteiger partial charge on any atom is -0.318 e. The van der Waals surface area contributed by atoms with Crippen LogP contribution in [0, 0.1) is 10.1 Å². The Bertz CT molecular complexity index is 631. The Balaban J connectivity index is 1.86. The van der Waals surface area contributed by atoms with Crippen molar-refractivity contribution < 1.29 is 14.5 Å². The maximum Gasteiger partial charge on any atom is 0.329 e. The molecule has 1 fully saturated rings. The molecule has 0 aliphatic carbocycles. The average molecular weight is 319 g/mol. The van der Waals surface area contributed by atoms with Crippen LogP contribution in [0.25, 0.3) is 0 Å². The van der Waals surface area contributed by atoms with E-state index in [9.17, 15) is 19.7 Å². The number of carbonyl (C=O) groups excluding carboxylic acids is 2. The van der Waals surface area contributed by atoms with E-state index in [1.54, 1.807) is 0 Å². The van der Waals surface area contributed by atoms with E-state index in [4.69, 9.17) is 0 Å². The van der Waals surface area contributed by atoms with Crippen molar-refractivity contribution in [1.82, 2.24) is 10.3 Å². The van der Waals surface area contributed by atoms with E-state index in [1.807, 2.05) is 7.05 Å². The minimum absolute atomic E-state index is 0.0962. The number of hydrogen-bond donors (Lipinski definition) is 2. The quantitative estimate of drug-likeness (QED) is 0.484. The van der Waals surface area contributed by atoms with Gasteiger partial charge in [-0.1, -0.05) is 0 Å². The summed E-state index contributed by atoms with van der Waals surface area (Å²) < 4.78 is 0. The molecular formula is C14H17N5O4. The average Bonchev–Trinajstić information content (AvgIpc) is 2.54. The third-order valence-corrected chi connectivity index (χ3v) is 3.42. The topological polar surface area (TPSA) is 117 Å². The molecule has 23 heavy (non-hydrogen) atoms. The summed E-state index contributed by atoms with van der Waals surface area (Å²) >= 11 is 0. The fourth-order valence-electron chi connectivity index (χ4n) is 2.02. The molecule has 0 bridgehead atoms. The van der Waals surface area contributed by atoms with Crippen molar-refractivity contribution in [3.8, 4) is 0 Å². The van der Waals surface area contributed by atoms with Crippen LogP contribution >= 0.6 is 0 Å². The fourth-order valence-corrected chi connectivity index (χ4v) is 2.02. The second-order valence-electron chi connectivity index (χ2n) is 5.18. The van der Waals surface area contributed by atoms with E-state index < -0.39 is 16.7 Å². The Morgan fingerprint density at radius 1 is 1.17 bits per heavy atom. The van der Waals surface area contributed by atoms with Crippen LogP contribution in [0.15, 0.2) is 29.4 Å². The molecule has 2 N–H and O–H groups in total. The maximum absolute atomic E-state index is 11.7. The van der Waals surface area contributed by atoms with E-state index in [2.05, 4.69) is 20.7 Å². The van der Waals surface area contributed by atoms with Gasteiger partial charge in [-0.15, -0.1) is 0 Å². The lowest BCUT2D eigenvalue weighted by molar-refractivity contribution is -0.384. The second-order valence-corrected chi connectivity index (χ2v) is 5.18. The molecule has 0 radical (unpaired) electrons. The summed E-state index contributed by atoms with van der Waals surface area (Å²) in [4.78, 5) is 35.5. The van der Waals surface area contributed by atoms with Crippen LogP contribution in [-0.4, -0.2) is 47.5 Å². The Morgan fingerprint density at radius 2 is 1.78 bits per heavy atom. The number of nitrogens with zero attached hydrogens (tertiary/aromatic N) is 3. The van der Waals surface area contributed by atoms with E-state index in [1.165, 1.54) is 24.3 Å². The number of nitro benzene ring substituents is 1. The summed E-state index contributed by atoms with van der Waals surface area (Å²) in [6, 6.07) is 5.19. The number of non-ortho nitro benzene ring substituents is 1. The summed E-state index contributed by atoms with van der Waals surface area (Å²) in [5.74, 6) is -1.76. The Morgan fingerprint density at radius 3 is 2.35 bits per heavy atom. The summed E-state index contributed by atoms with van der Waals surface area (Å²) in [5, 5.41) is 16.8. The van der Waals surface area contributed by atoms with Crippen molar-refractivity contribution in [3.05, 3.63) is 34.4 Å². The lowest BCUT2D eigenvalue weighted by Crippen LogP contribution is -2.35. The number of hydrazone groups is 1. The van der Waals surface area contributed by atoms with Gasteiger partial charge < -0.3 is 10.2 Å². The van der Waals surface area contributed by atoms with Crippen LogP contribution in [0.5, 0.6) is 0 Å². The third-order valence-electron chi connectivity index (χ3n) is 3.42. The standard InChI is InChI=1S/C14H17N5O4/c1-18-8-6-11(7-9-18)16-17-14(21)13(20)15-10-2-4-12(5-3-10)19(22)23/h2-5H,6-9H2,1H3,(H,15,20)(H,17,21). The molecule has 1 heterocycles. The van der Waals surface area contributed by atoms with Crippen LogP contribution in [0.2, 0.25) is 0 Å². The molecule has 0 aromatic heterocycles. The molecule has 0 spiro atoms. The van der Waals surface area contributed by atoms with Crippen molar-refractivity contribution in [2.75, 3.05) is 25.5 Å². The number of nitro groups is 1. The third kappa shape index (κ3) is 4.85. The van der Waals surface area contributed by atoms with Gasteiger partial charge >= 0.3 is 11.8 Å². The van der Waals surface area contributed by atoms with Crippen LogP contribution < -0.4 is 10.7 Å². The Kier molecular flexibility index (Phi) is 5.36. The summed E-state index contributed by atoms with van der Waals surface area (Å²) in [5.41, 5.74) is 3.27. The minimum atomic E-state index is -0.880. The number of amides is 2. The van der Waals surface area contributed by atoms with Crippen molar-refractivity contribution in [2.45, 2.75) is 12.8 Å². The first-order valence-corrected chi connectivity index (χ1v) is 7.05. The van der Waals surface area contributed by atoms with Crippen LogP contribution in [0.3, 0.4) is 0 Å². The highest BCUT2D eigenvalue weighted by atomic mass is 16.6. The van der Waals surface area contributed by atoms with Gasteiger partial charge in [0.2, 0.25) is 0 Å². The van der Waals surface area contributed by atoms with Crippen molar-refractivity contribution in [3.63, 3.8) is 0 Å².